The van der Waals surface area contributed by atoms with Gasteiger partial charge in [0.1, 0.15) is 72.0 Å². The fraction of sp³-hybridized carbons (Fsp3) is 0.465. The van der Waals surface area contributed by atoms with Gasteiger partial charge >= 0.3 is 5.97 Å². The largest absolute Gasteiger partial charge is 0.571 e. The highest BCUT2D eigenvalue weighted by atomic mass is 16.8. The van der Waals surface area contributed by atoms with Crippen molar-refractivity contribution in [3.8, 4) is 46.0 Å². The number of benzene rings is 3. The van der Waals surface area contributed by atoms with Gasteiger partial charge in [-0.25, -0.2) is 4.79 Å². The first-order chi connectivity index (χ1) is 32.0. The second-order valence-electron chi connectivity index (χ2n) is 15.7. The van der Waals surface area contributed by atoms with Crippen LogP contribution in [-0.4, -0.2) is 197 Å². The van der Waals surface area contributed by atoms with Gasteiger partial charge in [0.15, 0.2) is 47.3 Å². The Morgan fingerprint density at radius 1 is 0.716 bits per heavy atom. The molecule has 24 nitrogen and oxygen atoms in total. The lowest BCUT2D eigenvalue weighted by molar-refractivity contribution is -0.353. The maximum atomic E-state index is 13.2. The van der Waals surface area contributed by atoms with E-state index >= 15 is 0 Å². The first-order valence-electron chi connectivity index (χ1n) is 20.5. The SMILES string of the molecule is COc1cc(/C=C/C(=O)O[C@@H]2[C@@H](O[C@@H]3[C@H](OC4=Cc5c(O[C@@H]6O[C@H](CO)[C@@H](O)[C@H](O)[C@@H]6O)cc(O)cc5[OH+]C4c4ccc(O)c(O)c4)O[C@H](CO)[C@@H](O)[C@H]3O)OC[C@@H](O)[C@H]2O)cc(OC)c1O. The summed E-state index contributed by atoms with van der Waals surface area (Å²) in [7, 11) is 2.60. The molecule has 0 bridgehead atoms. The summed E-state index contributed by atoms with van der Waals surface area (Å²) in [5.74, 6) is -3.36. The molecule has 4 aliphatic rings. The van der Waals surface area contributed by atoms with E-state index in [0.717, 1.165) is 24.3 Å². The van der Waals surface area contributed by atoms with Gasteiger partial charge in [-0.2, -0.15) is 0 Å². The van der Waals surface area contributed by atoms with Crippen molar-refractivity contribution in [3.63, 3.8) is 0 Å². The molecule has 7 rings (SSSR count). The van der Waals surface area contributed by atoms with Crippen LogP contribution in [0.4, 0.5) is 0 Å². The van der Waals surface area contributed by atoms with Gasteiger partial charge in [0.2, 0.25) is 18.3 Å². The molecule has 0 aliphatic carbocycles. The molecule has 24 heteroatoms. The zero-order valence-electron chi connectivity index (χ0n) is 35.4. The summed E-state index contributed by atoms with van der Waals surface area (Å²) in [5, 5.41) is 137. The Kier molecular flexibility index (Phi) is 15.2. The number of hydrogen-bond donors (Lipinski definition) is 13. The molecule has 3 fully saturated rings. The monoisotopic (exact) mass is 951 g/mol. The van der Waals surface area contributed by atoms with Crippen molar-refractivity contribution in [2.75, 3.05) is 34.0 Å². The van der Waals surface area contributed by atoms with Crippen molar-refractivity contribution in [1.82, 2.24) is 0 Å². The lowest BCUT2D eigenvalue weighted by atomic mass is 9.97. The summed E-state index contributed by atoms with van der Waals surface area (Å²) in [6, 6.07) is 8.68. The third-order valence-corrected chi connectivity index (χ3v) is 11.3. The van der Waals surface area contributed by atoms with Crippen LogP contribution in [0.3, 0.4) is 0 Å². The van der Waals surface area contributed by atoms with E-state index in [0.29, 0.717) is 5.56 Å². The van der Waals surface area contributed by atoms with Crippen LogP contribution in [0, 0.1) is 0 Å². The minimum Gasteiger partial charge on any atom is -0.571 e. The van der Waals surface area contributed by atoms with Gasteiger partial charge in [-0.05, 0) is 42.0 Å². The number of ether oxygens (including phenoxy) is 10. The summed E-state index contributed by atoms with van der Waals surface area (Å²) in [4.78, 5) is 13.2. The summed E-state index contributed by atoms with van der Waals surface area (Å²) < 4.78 is 55.8. The smallest absolute Gasteiger partial charge is 0.331 e. The number of rotatable bonds is 14. The molecule has 0 aromatic heterocycles. The molecule has 366 valence electrons. The first kappa shape index (κ1) is 49.2. The number of carbonyl (C=O) groups is 1. The zero-order chi connectivity index (χ0) is 48.4. The fourth-order valence-corrected chi connectivity index (χ4v) is 7.65. The van der Waals surface area contributed by atoms with Crippen LogP contribution in [0.1, 0.15) is 22.8 Å². The standard InChI is InChI=1S/C43H50O24/c1-58-25-7-16(8-26(59-2)32(25)52)3-6-30(50)66-39-31(51)22(49)15-60-42(39)67-40-36(56)34(54)29(14-45)65-43(40)63-27-12-19-23(61-38(27)17-4-5-20(47)21(48)9-17)10-18(46)11-24(19)62-41-37(57)35(55)33(53)28(13-44)64-41/h3-12,22,28-29,31,33-49,51-57H,13-15H2,1-2H3/p+1/b6-3+/t22-,28-,29-,31-,33-,34-,35+,36-,37+,38?,39+,40+,41-,42-,43-/m1/s1. The molecule has 0 spiro atoms. The Balaban J connectivity index is 1.22. The molecule has 1 unspecified atom stereocenters. The van der Waals surface area contributed by atoms with Crippen molar-refractivity contribution in [2.24, 2.45) is 0 Å². The number of phenols is 4. The number of aliphatic hydroxyl groups excluding tert-OH is 9. The van der Waals surface area contributed by atoms with E-state index < -0.39 is 135 Å². The number of phenolic OH excluding ortho intramolecular Hbond substituents is 4. The van der Waals surface area contributed by atoms with Crippen molar-refractivity contribution in [3.05, 3.63) is 71.0 Å². The molecule has 0 amide bonds. The van der Waals surface area contributed by atoms with Crippen molar-refractivity contribution >= 4 is 18.1 Å². The molecule has 4 heterocycles. The Morgan fingerprint density at radius 3 is 2.01 bits per heavy atom. The number of aliphatic hydroxyl groups is 10. The zero-order valence-corrected chi connectivity index (χ0v) is 35.4. The molecule has 3 saturated heterocycles. The average Bonchev–Trinajstić information content (AvgIpc) is 3.31. The highest BCUT2D eigenvalue weighted by Crippen LogP contribution is 2.48. The second kappa shape index (κ2) is 20.7. The molecule has 0 radical (unpaired) electrons. The summed E-state index contributed by atoms with van der Waals surface area (Å²) in [6.07, 6.45) is -22.7. The summed E-state index contributed by atoms with van der Waals surface area (Å²) in [5.41, 5.74) is 0.466. The van der Waals surface area contributed by atoms with Crippen LogP contribution in [0.25, 0.3) is 12.2 Å². The quantitative estimate of drug-likeness (QED) is 0.0346. The molecule has 3 aromatic rings. The first-order valence-corrected chi connectivity index (χ1v) is 20.5. The maximum Gasteiger partial charge on any atom is 0.331 e. The lowest BCUT2D eigenvalue weighted by Gasteiger charge is -2.45. The Bertz CT molecular complexity index is 2260. The Hall–Kier alpha value is -5.71. The van der Waals surface area contributed by atoms with Crippen molar-refractivity contribution < 1.29 is 119 Å². The van der Waals surface area contributed by atoms with Crippen molar-refractivity contribution in [1.29, 1.82) is 0 Å². The predicted octanol–water partition coefficient (Wildman–Crippen LogP) is -2.41. The maximum absolute atomic E-state index is 13.2. The fourth-order valence-electron chi connectivity index (χ4n) is 7.65. The van der Waals surface area contributed by atoms with E-state index in [4.69, 9.17) is 42.6 Å². The normalized spacial score (nSPS) is 32.9. The van der Waals surface area contributed by atoms with Crippen LogP contribution in [0.2, 0.25) is 0 Å². The summed E-state index contributed by atoms with van der Waals surface area (Å²) >= 11 is 0. The van der Waals surface area contributed by atoms with Crippen LogP contribution < -0.4 is 14.2 Å². The van der Waals surface area contributed by atoms with Gasteiger partial charge in [-0.1, -0.05) is 0 Å². The number of carbonyl (C=O) groups excluding carboxylic acids is 1. The molecule has 0 saturated carbocycles. The predicted molar refractivity (Wildman–Crippen MR) is 220 cm³/mol. The molecular formula is C43H51O24+. The van der Waals surface area contributed by atoms with Crippen LogP contribution in [-0.2, 0) is 33.2 Å². The molecule has 3 aromatic carbocycles. The molecule has 14 N–H and O–H groups in total. The highest BCUT2D eigenvalue weighted by molar-refractivity contribution is 5.87. The molecule has 4 aliphatic heterocycles. The van der Waals surface area contributed by atoms with E-state index in [-0.39, 0.29) is 45.6 Å². The van der Waals surface area contributed by atoms with Gasteiger partial charge in [0, 0.05) is 18.2 Å². The number of methoxy groups -OCH3 is 2. The van der Waals surface area contributed by atoms with E-state index in [2.05, 4.69) is 4.74 Å². The number of hydrogen-bond acceptors (Lipinski definition) is 23. The van der Waals surface area contributed by atoms with Crippen LogP contribution >= 0.6 is 0 Å². The average molecular weight is 952 g/mol. The number of aromatic hydroxyl groups is 5. The third kappa shape index (κ3) is 10.3. The third-order valence-electron chi connectivity index (χ3n) is 11.3. The Morgan fingerprint density at radius 2 is 1.37 bits per heavy atom. The molecular weight excluding hydrogens is 900 g/mol. The topological polar surface area (TPSA) is 376 Å². The van der Waals surface area contributed by atoms with Crippen LogP contribution in [0.15, 0.2) is 54.3 Å². The highest BCUT2D eigenvalue weighted by Gasteiger charge is 2.52. The van der Waals surface area contributed by atoms with Gasteiger partial charge < -0.3 is 114 Å². The van der Waals surface area contributed by atoms with E-state index in [9.17, 15) is 71.2 Å². The van der Waals surface area contributed by atoms with E-state index in [1.807, 2.05) is 0 Å². The second-order valence-corrected chi connectivity index (χ2v) is 15.7. The summed E-state index contributed by atoms with van der Waals surface area (Å²) in [6.45, 7) is -2.24. The van der Waals surface area contributed by atoms with Gasteiger partial charge in [0.25, 0.3) is 11.9 Å². The van der Waals surface area contributed by atoms with Crippen LogP contribution in [0.5, 0.6) is 46.0 Å². The van der Waals surface area contributed by atoms with Gasteiger partial charge in [0.05, 0.1) is 45.7 Å². The molecule has 67 heavy (non-hydrogen) atoms. The van der Waals surface area contributed by atoms with Gasteiger partial charge in [-0.15, -0.1) is 0 Å². The number of fused-ring (bicyclic) bond motifs is 1. The Labute approximate surface area is 379 Å². The van der Waals surface area contributed by atoms with E-state index in [1.54, 1.807) is 0 Å². The van der Waals surface area contributed by atoms with Crippen molar-refractivity contribution in [2.45, 2.75) is 92.1 Å². The minimum atomic E-state index is -1.99. The molecule has 15 atom stereocenters. The number of esters is 1. The van der Waals surface area contributed by atoms with E-state index in [1.165, 1.54) is 50.6 Å². The minimum absolute atomic E-state index is 0.00361. The lowest BCUT2D eigenvalue weighted by Crippen LogP contribution is -2.63. The van der Waals surface area contributed by atoms with Gasteiger partial charge in [-0.3, -0.25) is 0 Å².